The van der Waals surface area contributed by atoms with Crippen LogP contribution in [-0.4, -0.2) is 28.4 Å². The molecule has 0 aliphatic heterocycles. The van der Waals surface area contributed by atoms with Crippen LogP contribution in [0.2, 0.25) is 0 Å². The van der Waals surface area contributed by atoms with Gasteiger partial charge in [0.1, 0.15) is 0 Å². The minimum atomic E-state index is 0.0837. The average Bonchev–Trinajstić information content (AvgIpc) is 3.13. The van der Waals surface area contributed by atoms with Gasteiger partial charge in [0.25, 0.3) is 0 Å². The SMILES string of the molecule is CCc1ccc(Nc2nnc(SCC(=O)NCC3CCCCC3)s2)cc1. The Hall–Kier alpha value is -1.60. The van der Waals surface area contributed by atoms with Gasteiger partial charge in [-0.3, -0.25) is 4.79 Å². The van der Waals surface area contributed by atoms with E-state index in [9.17, 15) is 4.79 Å². The Kier molecular flexibility index (Phi) is 7.32. The molecule has 1 aliphatic carbocycles. The summed E-state index contributed by atoms with van der Waals surface area (Å²) < 4.78 is 0.811. The van der Waals surface area contributed by atoms with Gasteiger partial charge in [-0.2, -0.15) is 0 Å². The first-order chi connectivity index (χ1) is 12.7. The van der Waals surface area contributed by atoms with E-state index in [1.54, 1.807) is 0 Å². The largest absolute Gasteiger partial charge is 0.355 e. The molecule has 2 N–H and O–H groups in total. The van der Waals surface area contributed by atoms with Gasteiger partial charge in [0.15, 0.2) is 4.34 Å². The second kappa shape index (κ2) is 9.92. The first-order valence-electron chi connectivity index (χ1n) is 9.32. The number of aryl methyl sites for hydroxylation is 1. The standard InChI is InChI=1S/C19H26N4OS2/c1-2-14-8-10-16(11-9-14)21-18-22-23-19(26-18)25-13-17(24)20-12-15-6-4-3-5-7-15/h8-11,15H,2-7,12-13H2,1H3,(H,20,24)(H,21,22). The van der Waals surface area contributed by atoms with Gasteiger partial charge in [0, 0.05) is 12.2 Å². The molecular formula is C19H26N4OS2. The van der Waals surface area contributed by atoms with Gasteiger partial charge >= 0.3 is 0 Å². The molecule has 0 radical (unpaired) electrons. The van der Waals surface area contributed by atoms with Gasteiger partial charge in [-0.1, -0.05) is 61.4 Å². The number of benzene rings is 1. The highest BCUT2D eigenvalue weighted by atomic mass is 32.2. The Morgan fingerprint density at radius 1 is 1.19 bits per heavy atom. The van der Waals surface area contributed by atoms with E-state index in [0.29, 0.717) is 11.7 Å². The molecule has 140 valence electrons. The average molecular weight is 391 g/mol. The van der Waals surface area contributed by atoms with Crippen molar-refractivity contribution < 1.29 is 4.79 Å². The number of nitrogens with zero attached hydrogens (tertiary/aromatic N) is 2. The molecule has 1 heterocycles. The molecule has 1 saturated carbocycles. The van der Waals surface area contributed by atoms with E-state index in [0.717, 1.165) is 28.1 Å². The van der Waals surface area contributed by atoms with Crippen molar-refractivity contribution in [1.82, 2.24) is 15.5 Å². The molecule has 2 aromatic rings. The number of carbonyl (C=O) groups excluding carboxylic acids is 1. The molecule has 1 aromatic heterocycles. The second-order valence-electron chi connectivity index (χ2n) is 6.65. The predicted molar refractivity (Wildman–Crippen MR) is 109 cm³/mol. The molecule has 3 rings (SSSR count). The zero-order valence-electron chi connectivity index (χ0n) is 15.2. The Balaban J connectivity index is 1.40. The van der Waals surface area contributed by atoms with E-state index in [1.807, 2.05) is 12.1 Å². The van der Waals surface area contributed by atoms with E-state index in [1.165, 1.54) is 60.8 Å². The highest BCUT2D eigenvalue weighted by molar-refractivity contribution is 8.01. The third kappa shape index (κ3) is 5.99. The number of hydrogen-bond acceptors (Lipinski definition) is 6. The maximum atomic E-state index is 12.0. The lowest BCUT2D eigenvalue weighted by molar-refractivity contribution is -0.118. The number of hydrogen-bond donors (Lipinski definition) is 2. The number of anilines is 2. The van der Waals surface area contributed by atoms with Crippen LogP contribution in [0.15, 0.2) is 28.6 Å². The van der Waals surface area contributed by atoms with Crippen LogP contribution in [0.4, 0.5) is 10.8 Å². The molecule has 7 heteroatoms. The summed E-state index contributed by atoms with van der Waals surface area (Å²) in [5.74, 6) is 1.14. The lowest BCUT2D eigenvalue weighted by atomic mass is 9.89. The fourth-order valence-electron chi connectivity index (χ4n) is 3.09. The van der Waals surface area contributed by atoms with Crippen LogP contribution in [0.5, 0.6) is 0 Å². The minimum absolute atomic E-state index is 0.0837. The van der Waals surface area contributed by atoms with E-state index in [-0.39, 0.29) is 5.91 Å². The zero-order valence-corrected chi connectivity index (χ0v) is 16.8. The number of thioether (sulfide) groups is 1. The summed E-state index contributed by atoms with van der Waals surface area (Å²) in [7, 11) is 0. The lowest BCUT2D eigenvalue weighted by Gasteiger charge is -2.21. The van der Waals surface area contributed by atoms with Gasteiger partial charge in [-0.05, 0) is 42.9 Å². The fourth-order valence-corrected chi connectivity index (χ4v) is 4.70. The smallest absolute Gasteiger partial charge is 0.230 e. The summed E-state index contributed by atoms with van der Waals surface area (Å²) in [4.78, 5) is 12.0. The summed E-state index contributed by atoms with van der Waals surface area (Å²) in [6, 6.07) is 8.31. The van der Waals surface area contributed by atoms with Gasteiger partial charge in [0.2, 0.25) is 11.0 Å². The maximum absolute atomic E-state index is 12.0. The van der Waals surface area contributed by atoms with Crippen LogP contribution in [0.3, 0.4) is 0 Å². The number of amides is 1. The van der Waals surface area contributed by atoms with E-state index in [4.69, 9.17) is 0 Å². The molecule has 1 fully saturated rings. The Bertz CT molecular complexity index is 696. The number of carbonyl (C=O) groups is 1. The van der Waals surface area contributed by atoms with Crippen LogP contribution < -0.4 is 10.6 Å². The van der Waals surface area contributed by atoms with Crippen molar-refractivity contribution in [2.24, 2.45) is 5.92 Å². The third-order valence-electron chi connectivity index (χ3n) is 4.66. The molecule has 0 unspecified atom stereocenters. The van der Waals surface area contributed by atoms with Crippen LogP contribution in [-0.2, 0) is 11.2 Å². The minimum Gasteiger partial charge on any atom is -0.355 e. The Morgan fingerprint density at radius 3 is 2.69 bits per heavy atom. The molecule has 0 spiro atoms. The monoisotopic (exact) mass is 390 g/mol. The van der Waals surface area contributed by atoms with E-state index < -0.39 is 0 Å². The normalized spacial score (nSPS) is 15.0. The lowest BCUT2D eigenvalue weighted by Crippen LogP contribution is -2.31. The number of aromatic nitrogens is 2. The predicted octanol–water partition coefficient (Wildman–Crippen LogP) is 4.63. The summed E-state index contributed by atoms with van der Waals surface area (Å²) in [5.41, 5.74) is 2.31. The van der Waals surface area contributed by atoms with Gasteiger partial charge < -0.3 is 10.6 Å². The van der Waals surface area contributed by atoms with Crippen LogP contribution in [0, 0.1) is 5.92 Å². The Morgan fingerprint density at radius 2 is 1.96 bits per heavy atom. The van der Waals surface area contributed by atoms with Crippen molar-refractivity contribution in [2.45, 2.75) is 49.8 Å². The molecule has 26 heavy (non-hydrogen) atoms. The van der Waals surface area contributed by atoms with Crippen molar-refractivity contribution in [3.63, 3.8) is 0 Å². The highest BCUT2D eigenvalue weighted by Gasteiger charge is 2.15. The van der Waals surface area contributed by atoms with Crippen LogP contribution >= 0.6 is 23.1 Å². The molecule has 1 aromatic carbocycles. The quantitative estimate of drug-likeness (QED) is 0.643. The molecule has 0 bridgehead atoms. The molecule has 1 amide bonds. The van der Waals surface area contributed by atoms with Crippen molar-refractivity contribution in [2.75, 3.05) is 17.6 Å². The fraction of sp³-hybridized carbons (Fsp3) is 0.526. The maximum Gasteiger partial charge on any atom is 0.230 e. The van der Waals surface area contributed by atoms with Crippen LogP contribution in [0.1, 0.15) is 44.6 Å². The van der Waals surface area contributed by atoms with E-state index in [2.05, 4.69) is 39.9 Å². The summed E-state index contributed by atoms with van der Waals surface area (Å²) in [5, 5.41) is 15.4. The molecular weight excluding hydrogens is 364 g/mol. The summed E-state index contributed by atoms with van der Waals surface area (Å²) in [6.45, 7) is 2.96. The summed E-state index contributed by atoms with van der Waals surface area (Å²) in [6.07, 6.45) is 7.48. The van der Waals surface area contributed by atoms with Gasteiger partial charge in [-0.15, -0.1) is 10.2 Å². The zero-order chi connectivity index (χ0) is 18.2. The second-order valence-corrected chi connectivity index (χ2v) is 8.85. The van der Waals surface area contributed by atoms with Crippen molar-refractivity contribution in [3.8, 4) is 0 Å². The van der Waals surface area contributed by atoms with E-state index >= 15 is 0 Å². The highest BCUT2D eigenvalue weighted by Crippen LogP contribution is 2.28. The molecule has 0 atom stereocenters. The first kappa shape index (κ1) is 19.2. The van der Waals surface area contributed by atoms with Crippen LogP contribution in [0.25, 0.3) is 0 Å². The number of nitrogens with one attached hydrogen (secondary N) is 2. The van der Waals surface area contributed by atoms with Gasteiger partial charge in [-0.25, -0.2) is 0 Å². The topological polar surface area (TPSA) is 66.9 Å². The van der Waals surface area contributed by atoms with Crippen molar-refractivity contribution >= 4 is 39.8 Å². The van der Waals surface area contributed by atoms with Crippen molar-refractivity contribution in [1.29, 1.82) is 0 Å². The Labute approximate surface area is 163 Å². The van der Waals surface area contributed by atoms with Gasteiger partial charge in [0.05, 0.1) is 5.75 Å². The molecule has 1 aliphatic rings. The first-order valence-corrected chi connectivity index (χ1v) is 11.1. The molecule has 0 saturated heterocycles. The summed E-state index contributed by atoms with van der Waals surface area (Å²) >= 11 is 2.92. The molecule has 5 nitrogen and oxygen atoms in total. The number of rotatable bonds is 8. The third-order valence-corrected chi connectivity index (χ3v) is 6.63. The van der Waals surface area contributed by atoms with Crippen molar-refractivity contribution in [3.05, 3.63) is 29.8 Å².